The van der Waals surface area contributed by atoms with Crippen molar-refractivity contribution in [3.05, 3.63) is 51.0 Å². The molecular weight excluding hydrogens is 348 g/mol. The van der Waals surface area contributed by atoms with Crippen molar-refractivity contribution in [3.8, 4) is 0 Å². The Labute approximate surface area is 128 Å². The van der Waals surface area contributed by atoms with Crippen LogP contribution in [0.1, 0.15) is 26.5 Å². The van der Waals surface area contributed by atoms with Gasteiger partial charge in [-0.2, -0.15) is 0 Å². The quantitative estimate of drug-likeness (QED) is 0.623. The predicted octanol–water partition coefficient (Wildman–Crippen LogP) is 2.95. The molecule has 0 unspecified atom stereocenters. The van der Waals surface area contributed by atoms with Crippen LogP contribution in [0.3, 0.4) is 0 Å². The van der Waals surface area contributed by atoms with Crippen molar-refractivity contribution in [1.29, 1.82) is 0 Å². The molecule has 0 atom stereocenters. The Morgan fingerprint density at radius 1 is 1.50 bits per heavy atom. The fraction of sp³-hybridized carbons (Fsp3) is 0.154. The standard InChI is InChI=1S/C13H10BrClN2O3/c1-20-12(19)11-10(7-18)16-13(14)17(11)6-8-4-2-3-5-9(8)15/h2-5,7H,6H2,1H3. The summed E-state index contributed by atoms with van der Waals surface area (Å²) in [5.41, 5.74) is 0.917. The van der Waals surface area contributed by atoms with Gasteiger partial charge in [-0.05, 0) is 27.6 Å². The van der Waals surface area contributed by atoms with Crippen LogP contribution in [0.2, 0.25) is 5.02 Å². The number of aromatic nitrogens is 2. The zero-order valence-corrected chi connectivity index (χ0v) is 12.8. The first-order valence-corrected chi connectivity index (χ1v) is 6.78. The molecule has 0 bridgehead atoms. The Bertz CT molecular complexity index is 670. The highest BCUT2D eigenvalue weighted by Crippen LogP contribution is 2.22. The number of carbonyl (C=O) groups excluding carboxylic acids is 2. The Hall–Kier alpha value is -1.66. The van der Waals surface area contributed by atoms with Crippen molar-refractivity contribution in [3.63, 3.8) is 0 Å². The van der Waals surface area contributed by atoms with Crippen LogP contribution in [0.25, 0.3) is 0 Å². The third-order valence-corrected chi connectivity index (χ3v) is 3.70. The average molecular weight is 358 g/mol. The molecule has 0 radical (unpaired) electrons. The van der Waals surface area contributed by atoms with Gasteiger partial charge < -0.3 is 9.30 Å². The lowest BCUT2D eigenvalue weighted by molar-refractivity contribution is 0.0586. The number of hydrogen-bond donors (Lipinski definition) is 0. The van der Waals surface area contributed by atoms with E-state index in [1.165, 1.54) is 11.7 Å². The summed E-state index contributed by atoms with van der Waals surface area (Å²) < 4.78 is 6.59. The maximum atomic E-state index is 11.8. The highest BCUT2D eigenvalue weighted by Gasteiger charge is 2.22. The number of halogens is 2. The number of hydrogen-bond acceptors (Lipinski definition) is 4. The molecule has 5 nitrogen and oxygen atoms in total. The monoisotopic (exact) mass is 356 g/mol. The molecule has 0 saturated heterocycles. The smallest absolute Gasteiger partial charge is 0.357 e. The second kappa shape index (κ2) is 6.19. The summed E-state index contributed by atoms with van der Waals surface area (Å²) in [6.45, 7) is 0.297. The van der Waals surface area contributed by atoms with E-state index >= 15 is 0 Å². The molecule has 0 fully saturated rings. The molecule has 0 amide bonds. The van der Waals surface area contributed by atoms with Crippen LogP contribution in [0.4, 0.5) is 0 Å². The molecular formula is C13H10BrClN2O3. The summed E-state index contributed by atoms with van der Waals surface area (Å²) in [5, 5.41) is 0.566. The number of aldehydes is 1. The fourth-order valence-electron chi connectivity index (χ4n) is 1.78. The number of nitrogens with zero attached hydrogens (tertiary/aromatic N) is 2. The van der Waals surface area contributed by atoms with Gasteiger partial charge in [0.1, 0.15) is 5.69 Å². The fourth-order valence-corrected chi connectivity index (χ4v) is 2.47. The maximum Gasteiger partial charge on any atom is 0.357 e. The highest BCUT2D eigenvalue weighted by atomic mass is 79.9. The van der Waals surface area contributed by atoms with Crippen molar-refractivity contribution in [2.45, 2.75) is 6.54 Å². The Morgan fingerprint density at radius 2 is 2.20 bits per heavy atom. The lowest BCUT2D eigenvalue weighted by atomic mass is 10.2. The van der Waals surface area contributed by atoms with E-state index in [0.717, 1.165) is 5.56 Å². The van der Waals surface area contributed by atoms with Crippen LogP contribution in [-0.4, -0.2) is 28.9 Å². The summed E-state index contributed by atoms with van der Waals surface area (Å²) in [7, 11) is 1.25. The first kappa shape index (κ1) is 14.7. The van der Waals surface area contributed by atoms with Gasteiger partial charge >= 0.3 is 5.97 Å². The lowest BCUT2D eigenvalue weighted by Gasteiger charge is -2.09. The molecule has 2 aromatic rings. The zero-order chi connectivity index (χ0) is 14.7. The minimum Gasteiger partial charge on any atom is -0.464 e. The summed E-state index contributed by atoms with van der Waals surface area (Å²) >= 11 is 9.33. The molecule has 1 aromatic heterocycles. The van der Waals surface area contributed by atoms with Gasteiger partial charge in [0.2, 0.25) is 0 Å². The topological polar surface area (TPSA) is 61.2 Å². The van der Waals surface area contributed by atoms with E-state index in [2.05, 4.69) is 25.7 Å². The number of ether oxygens (including phenoxy) is 1. The lowest BCUT2D eigenvalue weighted by Crippen LogP contribution is -2.13. The zero-order valence-electron chi connectivity index (χ0n) is 10.5. The summed E-state index contributed by atoms with van der Waals surface area (Å²) in [4.78, 5) is 26.8. The van der Waals surface area contributed by atoms with Gasteiger partial charge in [0.05, 0.1) is 13.7 Å². The van der Waals surface area contributed by atoms with Gasteiger partial charge in [-0.3, -0.25) is 4.79 Å². The average Bonchev–Trinajstić information content (AvgIpc) is 2.77. The largest absolute Gasteiger partial charge is 0.464 e. The third-order valence-electron chi connectivity index (χ3n) is 2.72. The summed E-state index contributed by atoms with van der Waals surface area (Å²) in [6.07, 6.45) is 0.514. The van der Waals surface area contributed by atoms with Crippen LogP contribution in [-0.2, 0) is 11.3 Å². The van der Waals surface area contributed by atoms with Crippen LogP contribution < -0.4 is 0 Å². The SMILES string of the molecule is COC(=O)c1c(C=O)nc(Br)n1Cc1ccccc1Cl. The van der Waals surface area contributed by atoms with Crippen molar-refractivity contribution >= 4 is 39.8 Å². The van der Waals surface area contributed by atoms with E-state index < -0.39 is 5.97 Å². The molecule has 0 aliphatic heterocycles. The Kier molecular flexibility index (Phi) is 4.57. The molecule has 1 aromatic carbocycles. The number of carbonyl (C=O) groups is 2. The predicted molar refractivity (Wildman–Crippen MR) is 77.2 cm³/mol. The first-order chi connectivity index (χ1) is 9.58. The maximum absolute atomic E-state index is 11.8. The molecule has 0 spiro atoms. The van der Waals surface area contributed by atoms with Crippen molar-refractivity contribution in [1.82, 2.24) is 9.55 Å². The number of methoxy groups -OCH3 is 1. The van der Waals surface area contributed by atoms with Crippen LogP contribution in [0.5, 0.6) is 0 Å². The summed E-state index contributed by atoms with van der Waals surface area (Å²) in [5.74, 6) is -0.627. The molecule has 0 saturated carbocycles. The molecule has 0 aliphatic carbocycles. The van der Waals surface area contributed by atoms with E-state index in [1.807, 2.05) is 18.2 Å². The van der Waals surface area contributed by atoms with Gasteiger partial charge in [-0.1, -0.05) is 29.8 Å². The van der Waals surface area contributed by atoms with Gasteiger partial charge in [0.25, 0.3) is 0 Å². The second-order valence-corrected chi connectivity index (χ2v) is 5.02. The number of esters is 1. The van der Waals surface area contributed by atoms with E-state index in [-0.39, 0.29) is 11.4 Å². The van der Waals surface area contributed by atoms with E-state index in [0.29, 0.717) is 22.6 Å². The molecule has 20 heavy (non-hydrogen) atoms. The number of imidazole rings is 1. The molecule has 0 N–H and O–H groups in total. The van der Waals surface area contributed by atoms with Gasteiger partial charge in [0.15, 0.2) is 16.7 Å². The first-order valence-electron chi connectivity index (χ1n) is 5.61. The summed E-state index contributed by atoms with van der Waals surface area (Å²) in [6, 6.07) is 7.23. The van der Waals surface area contributed by atoms with E-state index in [1.54, 1.807) is 6.07 Å². The van der Waals surface area contributed by atoms with Gasteiger partial charge in [0, 0.05) is 5.02 Å². The molecule has 7 heteroatoms. The van der Waals surface area contributed by atoms with Crippen LogP contribution in [0.15, 0.2) is 29.0 Å². The van der Waals surface area contributed by atoms with Gasteiger partial charge in [-0.15, -0.1) is 0 Å². The number of rotatable bonds is 4. The van der Waals surface area contributed by atoms with Crippen LogP contribution >= 0.6 is 27.5 Å². The third kappa shape index (κ3) is 2.76. The van der Waals surface area contributed by atoms with E-state index in [9.17, 15) is 9.59 Å². The minimum absolute atomic E-state index is 0.0239. The second-order valence-electron chi connectivity index (χ2n) is 3.90. The molecule has 0 aliphatic rings. The van der Waals surface area contributed by atoms with Crippen LogP contribution in [0, 0.1) is 0 Å². The van der Waals surface area contributed by atoms with Crippen molar-refractivity contribution in [2.75, 3.05) is 7.11 Å². The normalized spacial score (nSPS) is 10.3. The highest BCUT2D eigenvalue weighted by molar-refractivity contribution is 9.10. The van der Waals surface area contributed by atoms with Crippen molar-refractivity contribution < 1.29 is 14.3 Å². The number of benzene rings is 1. The minimum atomic E-state index is -0.627. The van der Waals surface area contributed by atoms with Gasteiger partial charge in [-0.25, -0.2) is 9.78 Å². The Balaban J connectivity index is 2.51. The molecule has 1 heterocycles. The Morgan fingerprint density at radius 3 is 2.80 bits per heavy atom. The van der Waals surface area contributed by atoms with E-state index in [4.69, 9.17) is 11.6 Å². The molecule has 104 valence electrons. The molecule has 2 rings (SSSR count). The van der Waals surface area contributed by atoms with Crippen molar-refractivity contribution in [2.24, 2.45) is 0 Å².